The van der Waals surface area contributed by atoms with Gasteiger partial charge >= 0.3 is 0 Å². The van der Waals surface area contributed by atoms with E-state index in [1.54, 1.807) is 0 Å². The average molecular weight is 211 g/mol. The van der Waals surface area contributed by atoms with Gasteiger partial charge in [-0.3, -0.25) is 0 Å². The number of halogens is 1. The lowest BCUT2D eigenvalue weighted by Crippen LogP contribution is -1.96. The summed E-state index contributed by atoms with van der Waals surface area (Å²) in [5, 5.41) is 0. The second kappa shape index (κ2) is 9.40. The minimum absolute atomic E-state index is 0.773. The molecule has 62 valence electrons. The van der Waals surface area contributed by atoms with Gasteiger partial charge in [0, 0.05) is 13.2 Å². The first-order valence-electron chi connectivity index (χ1n) is 3.73. The van der Waals surface area contributed by atoms with Gasteiger partial charge in [0.2, 0.25) is 0 Å². The first-order valence-corrected chi connectivity index (χ1v) is 4.37. The molecule has 0 aromatic heterocycles. The molecule has 0 radical (unpaired) electrons. The molecule has 0 fully saturated rings. The predicted octanol–water partition coefficient (Wildman–Crippen LogP) is 2.52. The summed E-state index contributed by atoms with van der Waals surface area (Å²) in [7, 11) is 0. The second-order valence-electron chi connectivity index (χ2n) is 2.13. The summed E-state index contributed by atoms with van der Waals surface area (Å²) in [6.07, 6.45) is 3.26. The zero-order valence-electron chi connectivity index (χ0n) is 6.44. The van der Waals surface area contributed by atoms with Gasteiger partial charge in [0.25, 0.3) is 0 Å². The van der Waals surface area contributed by atoms with Crippen molar-refractivity contribution in [2.45, 2.75) is 26.2 Å². The molecule has 0 spiro atoms. The quantitative estimate of drug-likeness (QED) is 0.602. The van der Waals surface area contributed by atoms with Gasteiger partial charge in [-0.05, 0) is 19.3 Å². The highest BCUT2D eigenvalue weighted by Gasteiger charge is 1.87. The van der Waals surface area contributed by atoms with Crippen LogP contribution in [0.15, 0.2) is 0 Å². The number of rotatable bonds is 7. The van der Waals surface area contributed by atoms with Crippen LogP contribution in [-0.4, -0.2) is 19.8 Å². The Kier molecular flexibility index (Phi) is 9.78. The Hall–Kier alpha value is 0.400. The molecule has 10 heavy (non-hydrogen) atoms. The summed E-state index contributed by atoms with van der Waals surface area (Å²) < 4.78 is 9.96. The van der Waals surface area contributed by atoms with Crippen molar-refractivity contribution in [1.82, 2.24) is 0 Å². The maximum Gasteiger partial charge on any atom is 0.0987 e. The Labute approximate surface area is 71.3 Å². The minimum Gasteiger partial charge on any atom is -0.381 e. The summed E-state index contributed by atoms with van der Waals surface area (Å²) >= 11 is 2.89. The molecule has 0 unspecified atom stereocenters. The van der Waals surface area contributed by atoms with E-state index in [1.165, 1.54) is 0 Å². The Balaban J connectivity index is 2.65. The summed E-state index contributed by atoms with van der Waals surface area (Å²) in [4.78, 5) is 0. The van der Waals surface area contributed by atoms with Crippen molar-refractivity contribution in [2.75, 3.05) is 19.8 Å². The van der Waals surface area contributed by atoms with Gasteiger partial charge in [-0.1, -0.05) is 6.92 Å². The summed E-state index contributed by atoms with van der Waals surface area (Å²) in [5.41, 5.74) is 0. The van der Waals surface area contributed by atoms with Crippen LogP contribution in [0.5, 0.6) is 0 Å². The van der Waals surface area contributed by atoms with Crippen LogP contribution in [-0.2, 0) is 8.57 Å². The van der Waals surface area contributed by atoms with Gasteiger partial charge < -0.3 is 8.57 Å². The fourth-order valence-electron chi connectivity index (χ4n) is 0.607. The van der Waals surface area contributed by atoms with Crippen LogP contribution in [0.25, 0.3) is 0 Å². The number of ether oxygens (including phenoxy) is 1. The first-order chi connectivity index (χ1) is 4.91. The van der Waals surface area contributed by atoms with E-state index in [0.717, 1.165) is 39.1 Å². The second-order valence-corrected chi connectivity index (χ2v) is 2.59. The molecule has 0 heterocycles. The van der Waals surface area contributed by atoms with Gasteiger partial charge in [-0.2, -0.15) is 0 Å². The van der Waals surface area contributed by atoms with Crippen LogP contribution in [0.3, 0.4) is 0 Å². The number of hydrogen-bond donors (Lipinski definition) is 0. The Morgan fingerprint density at radius 2 is 1.80 bits per heavy atom. The molecule has 0 rings (SSSR count). The van der Waals surface area contributed by atoms with Crippen molar-refractivity contribution in [3.63, 3.8) is 0 Å². The molecule has 0 aliphatic carbocycles. The van der Waals surface area contributed by atoms with Crippen molar-refractivity contribution in [2.24, 2.45) is 0 Å². The maximum absolute atomic E-state index is 5.26. The molecule has 0 atom stereocenters. The molecule has 0 saturated carbocycles. The third-order valence-corrected chi connectivity index (χ3v) is 1.43. The van der Waals surface area contributed by atoms with Crippen LogP contribution >= 0.6 is 16.3 Å². The molecule has 0 aliphatic heterocycles. The van der Waals surface area contributed by atoms with Crippen LogP contribution in [0, 0.1) is 0 Å². The van der Waals surface area contributed by atoms with Crippen molar-refractivity contribution >= 4 is 16.3 Å². The topological polar surface area (TPSA) is 18.5 Å². The smallest absolute Gasteiger partial charge is 0.0987 e. The van der Waals surface area contributed by atoms with Gasteiger partial charge in [0.05, 0.1) is 22.9 Å². The van der Waals surface area contributed by atoms with Crippen LogP contribution < -0.4 is 0 Å². The summed E-state index contributed by atoms with van der Waals surface area (Å²) in [5.74, 6) is 0. The molecule has 0 aromatic carbocycles. The molecule has 0 aliphatic rings. The molecule has 0 bridgehead atoms. The van der Waals surface area contributed by atoms with Gasteiger partial charge in [0.15, 0.2) is 0 Å². The zero-order valence-corrected chi connectivity index (χ0v) is 8.02. The van der Waals surface area contributed by atoms with E-state index in [4.69, 9.17) is 8.57 Å². The normalized spacial score (nSPS) is 10.2. The monoisotopic (exact) mass is 210 g/mol. The summed E-state index contributed by atoms with van der Waals surface area (Å²) in [6.45, 7) is 4.64. The fraction of sp³-hybridized carbons (Fsp3) is 1.00. The van der Waals surface area contributed by atoms with Gasteiger partial charge in [0.1, 0.15) is 0 Å². The minimum atomic E-state index is 0.773. The third-order valence-electron chi connectivity index (χ3n) is 1.11. The number of unbranched alkanes of at least 4 members (excludes halogenated alkanes) is 1. The standard InChI is InChI=1S/C7H15BrO2/c1-2-5-9-6-3-4-7-10-8/h2-7H2,1H3. The van der Waals surface area contributed by atoms with E-state index < -0.39 is 0 Å². The van der Waals surface area contributed by atoms with E-state index >= 15 is 0 Å². The van der Waals surface area contributed by atoms with Crippen LogP contribution in [0.2, 0.25) is 0 Å². The summed E-state index contributed by atoms with van der Waals surface area (Å²) in [6, 6.07) is 0. The molecule has 0 aromatic rings. The fourth-order valence-corrected chi connectivity index (χ4v) is 0.836. The van der Waals surface area contributed by atoms with E-state index in [2.05, 4.69) is 23.2 Å². The van der Waals surface area contributed by atoms with E-state index in [0.29, 0.717) is 0 Å². The van der Waals surface area contributed by atoms with E-state index in [9.17, 15) is 0 Å². The molecule has 0 N–H and O–H groups in total. The molecule has 2 nitrogen and oxygen atoms in total. The van der Waals surface area contributed by atoms with E-state index in [1.807, 2.05) is 0 Å². The molecule has 0 amide bonds. The zero-order chi connectivity index (χ0) is 7.66. The van der Waals surface area contributed by atoms with Crippen LogP contribution in [0.1, 0.15) is 26.2 Å². The highest BCUT2D eigenvalue weighted by molar-refractivity contribution is 9.06. The predicted molar refractivity (Wildman–Crippen MR) is 45.2 cm³/mol. The van der Waals surface area contributed by atoms with E-state index in [-0.39, 0.29) is 0 Å². The Morgan fingerprint density at radius 1 is 1.10 bits per heavy atom. The van der Waals surface area contributed by atoms with Crippen LogP contribution in [0.4, 0.5) is 0 Å². The lowest BCUT2D eigenvalue weighted by Gasteiger charge is -2.00. The highest BCUT2D eigenvalue weighted by atomic mass is 79.9. The van der Waals surface area contributed by atoms with Crippen molar-refractivity contribution < 1.29 is 8.57 Å². The Bertz CT molecular complexity index is 51.6. The molecule has 0 saturated heterocycles. The SMILES string of the molecule is CCCOCCCCOBr. The van der Waals surface area contributed by atoms with Crippen molar-refractivity contribution in [3.05, 3.63) is 0 Å². The molecule has 3 heteroatoms. The van der Waals surface area contributed by atoms with Crippen molar-refractivity contribution in [1.29, 1.82) is 0 Å². The van der Waals surface area contributed by atoms with Gasteiger partial charge in [-0.15, -0.1) is 0 Å². The first kappa shape index (κ1) is 10.4. The average Bonchev–Trinajstić information content (AvgIpc) is 1.97. The third kappa shape index (κ3) is 8.40. The van der Waals surface area contributed by atoms with Crippen molar-refractivity contribution in [3.8, 4) is 0 Å². The lowest BCUT2D eigenvalue weighted by molar-refractivity contribution is 0.128. The van der Waals surface area contributed by atoms with Gasteiger partial charge in [-0.25, -0.2) is 0 Å². The number of hydrogen-bond acceptors (Lipinski definition) is 2. The Morgan fingerprint density at radius 3 is 2.40 bits per heavy atom. The highest BCUT2D eigenvalue weighted by Crippen LogP contribution is 1.94. The largest absolute Gasteiger partial charge is 0.381 e. The molecular weight excluding hydrogens is 196 g/mol. The lowest BCUT2D eigenvalue weighted by atomic mass is 10.3. The maximum atomic E-state index is 5.26. The molecular formula is C7H15BrO2.